The highest BCUT2D eigenvalue weighted by molar-refractivity contribution is 6.19. The maximum Gasteiger partial charge on any atom is 0.198 e. The zero-order valence-corrected chi connectivity index (χ0v) is 11.9. The van der Waals surface area contributed by atoms with Crippen LogP contribution in [0.3, 0.4) is 0 Å². The second-order valence-electron chi connectivity index (χ2n) is 4.63. The lowest BCUT2D eigenvalue weighted by molar-refractivity contribution is 0.0854. The molecule has 3 heterocycles. The third-order valence-electron chi connectivity index (χ3n) is 3.17. The van der Waals surface area contributed by atoms with Gasteiger partial charge in [-0.25, -0.2) is 9.97 Å². The molecule has 0 spiro atoms. The minimum atomic E-state index is -1.13. The van der Waals surface area contributed by atoms with E-state index >= 15 is 0 Å². The summed E-state index contributed by atoms with van der Waals surface area (Å²) in [5.41, 5.74) is 0.679. The molecule has 0 bridgehead atoms. The topological polar surface area (TPSA) is 98.6 Å². The van der Waals surface area contributed by atoms with E-state index in [2.05, 4.69) is 24.9 Å². The van der Waals surface area contributed by atoms with Gasteiger partial charge in [0.1, 0.15) is 17.9 Å². The van der Waals surface area contributed by atoms with Crippen LogP contribution in [0.25, 0.3) is 0 Å². The van der Waals surface area contributed by atoms with Crippen LogP contribution in [0.5, 0.6) is 0 Å². The minimum absolute atomic E-state index is 0.188. The third-order valence-corrected chi connectivity index (χ3v) is 3.17. The third kappa shape index (κ3) is 3.13. The van der Waals surface area contributed by atoms with Crippen molar-refractivity contribution in [2.45, 2.75) is 5.92 Å². The van der Waals surface area contributed by atoms with Gasteiger partial charge in [0.25, 0.3) is 0 Å². The highest BCUT2D eigenvalue weighted by Crippen LogP contribution is 2.22. The second-order valence-corrected chi connectivity index (χ2v) is 4.63. The van der Waals surface area contributed by atoms with Gasteiger partial charge in [-0.1, -0.05) is 6.07 Å². The molecule has 7 heteroatoms. The molecule has 0 aliphatic carbocycles. The van der Waals surface area contributed by atoms with Crippen molar-refractivity contribution in [3.05, 3.63) is 78.7 Å². The van der Waals surface area contributed by atoms with E-state index in [1.807, 2.05) is 0 Å². The van der Waals surface area contributed by atoms with Crippen LogP contribution in [0.2, 0.25) is 0 Å². The monoisotopic (exact) mass is 305 g/mol. The number of ketones is 2. The van der Waals surface area contributed by atoms with Gasteiger partial charge in [0, 0.05) is 37.2 Å². The highest BCUT2D eigenvalue weighted by Gasteiger charge is 2.32. The highest BCUT2D eigenvalue weighted by atomic mass is 16.2. The number of carbonyl (C=O) groups is 2. The molecule has 0 amide bonds. The molecule has 3 aromatic rings. The van der Waals surface area contributed by atoms with E-state index in [1.165, 1.54) is 43.5 Å². The standard InChI is InChI=1S/C16H11N5O2/c22-15(11-7-18-10-19-8-11)14(13-9-17-5-6-21-13)16(23)12-3-1-2-4-20-12/h1-10,14H. The van der Waals surface area contributed by atoms with Crippen LogP contribution in [-0.4, -0.2) is 36.5 Å². The average Bonchev–Trinajstić information content (AvgIpc) is 2.64. The summed E-state index contributed by atoms with van der Waals surface area (Å²) in [7, 11) is 0. The van der Waals surface area contributed by atoms with E-state index in [1.54, 1.807) is 18.2 Å². The molecule has 1 atom stereocenters. The van der Waals surface area contributed by atoms with Crippen molar-refractivity contribution >= 4 is 11.6 Å². The zero-order chi connectivity index (χ0) is 16.1. The molecule has 0 aliphatic rings. The summed E-state index contributed by atoms with van der Waals surface area (Å²) < 4.78 is 0. The molecule has 23 heavy (non-hydrogen) atoms. The molecule has 0 fully saturated rings. The molecule has 112 valence electrons. The average molecular weight is 305 g/mol. The lowest BCUT2D eigenvalue weighted by Crippen LogP contribution is -2.24. The van der Waals surface area contributed by atoms with Gasteiger partial charge in [0.05, 0.1) is 11.3 Å². The second kappa shape index (κ2) is 6.61. The normalized spacial score (nSPS) is 11.7. The van der Waals surface area contributed by atoms with E-state index in [-0.39, 0.29) is 17.0 Å². The van der Waals surface area contributed by atoms with Crippen molar-refractivity contribution < 1.29 is 9.59 Å². The van der Waals surface area contributed by atoms with Crippen LogP contribution in [0.15, 0.2) is 61.7 Å². The van der Waals surface area contributed by atoms with Crippen LogP contribution < -0.4 is 0 Å². The van der Waals surface area contributed by atoms with E-state index < -0.39 is 17.5 Å². The Morgan fingerprint density at radius 2 is 1.65 bits per heavy atom. The molecule has 0 saturated carbocycles. The van der Waals surface area contributed by atoms with Crippen LogP contribution in [0.4, 0.5) is 0 Å². The van der Waals surface area contributed by atoms with Gasteiger partial charge < -0.3 is 0 Å². The first kappa shape index (κ1) is 14.6. The van der Waals surface area contributed by atoms with Crippen molar-refractivity contribution in [2.24, 2.45) is 0 Å². The first-order valence-corrected chi connectivity index (χ1v) is 6.78. The lowest BCUT2D eigenvalue weighted by Gasteiger charge is -2.13. The van der Waals surface area contributed by atoms with Gasteiger partial charge in [0.15, 0.2) is 11.6 Å². The van der Waals surface area contributed by atoms with Crippen molar-refractivity contribution in [1.29, 1.82) is 0 Å². The number of carbonyl (C=O) groups excluding carboxylic acids is 2. The number of hydrogen-bond acceptors (Lipinski definition) is 7. The quantitative estimate of drug-likeness (QED) is 0.520. The Hall–Kier alpha value is -3.35. The summed E-state index contributed by atoms with van der Waals surface area (Å²) in [5, 5.41) is 0. The summed E-state index contributed by atoms with van der Waals surface area (Å²) in [6.07, 6.45) is 9.85. The summed E-state index contributed by atoms with van der Waals surface area (Å²) in [4.78, 5) is 45.2. The number of hydrogen-bond donors (Lipinski definition) is 0. The molecule has 0 N–H and O–H groups in total. The minimum Gasteiger partial charge on any atom is -0.293 e. The predicted octanol–water partition coefficient (Wildman–Crippen LogP) is 1.51. The largest absolute Gasteiger partial charge is 0.293 e. The van der Waals surface area contributed by atoms with Crippen molar-refractivity contribution in [1.82, 2.24) is 24.9 Å². The van der Waals surface area contributed by atoms with Crippen molar-refractivity contribution in [2.75, 3.05) is 0 Å². The molecular weight excluding hydrogens is 294 g/mol. The van der Waals surface area contributed by atoms with Crippen molar-refractivity contribution in [3.63, 3.8) is 0 Å². The van der Waals surface area contributed by atoms with E-state index in [4.69, 9.17) is 0 Å². The van der Waals surface area contributed by atoms with Gasteiger partial charge in [-0.2, -0.15) is 0 Å². The maximum absolute atomic E-state index is 12.8. The Balaban J connectivity index is 2.05. The number of nitrogens with zero attached hydrogens (tertiary/aromatic N) is 5. The van der Waals surface area contributed by atoms with Gasteiger partial charge in [-0.05, 0) is 12.1 Å². The fourth-order valence-corrected chi connectivity index (χ4v) is 2.10. The Bertz CT molecular complexity index is 758. The summed E-state index contributed by atoms with van der Waals surface area (Å²) in [6, 6.07) is 4.94. The smallest absolute Gasteiger partial charge is 0.198 e. The lowest BCUT2D eigenvalue weighted by atomic mass is 9.90. The molecule has 3 rings (SSSR count). The predicted molar refractivity (Wildman–Crippen MR) is 79.7 cm³/mol. The Morgan fingerprint density at radius 3 is 2.30 bits per heavy atom. The molecular formula is C16H11N5O2. The fraction of sp³-hybridized carbons (Fsp3) is 0.0625. The molecule has 0 aromatic carbocycles. The Labute approximate surface area is 131 Å². The number of Topliss-reactive ketones (excluding diaryl/α,β-unsaturated/α-hetero) is 2. The maximum atomic E-state index is 12.8. The molecule has 3 aromatic heterocycles. The van der Waals surface area contributed by atoms with E-state index in [0.717, 1.165) is 0 Å². The number of pyridine rings is 1. The zero-order valence-electron chi connectivity index (χ0n) is 11.9. The Morgan fingerprint density at radius 1 is 0.826 bits per heavy atom. The first-order valence-electron chi connectivity index (χ1n) is 6.78. The molecule has 1 unspecified atom stereocenters. The van der Waals surface area contributed by atoms with Gasteiger partial charge >= 0.3 is 0 Å². The molecule has 0 radical (unpaired) electrons. The van der Waals surface area contributed by atoms with Gasteiger partial charge in [0.2, 0.25) is 0 Å². The SMILES string of the molecule is O=C(c1cncnc1)C(C(=O)c1ccccn1)c1cnccn1. The van der Waals surface area contributed by atoms with Crippen LogP contribution in [0, 0.1) is 0 Å². The van der Waals surface area contributed by atoms with E-state index in [0.29, 0.717) is 0 Å². The van der Waals surface area contributed by atoms with Gasteiger partial charge in [-0.3, -0.25) is 24.5 Å². The fourth-order valence-electron chi connectivity index (χ4n) is 2.10. The van der Waals surface area contributed by atoms with Crippen LogP contribution in [-0.2, 0) is 0 Å². The first-order chi connectivity index (χ1) is 11.3. The van der Waals surface area contributed by atoms with Gasteiger partial charge in [-0.15, -0.1) is 0 Å². The molecule has 0 aliphatic heterocycles. The molecule has 0 saturated heterocycles. The summed E-state index contributed by atoms with van der Waals surface area (Å²) in [6.45, 7) is 0. The number of aromatic nitrogens is 5. The summed E-state index contributed by atoms with van der Waals surface area (Å²) in [5.74, 6) is -2.02. The summed E-state index contributed by atoms with van der Waals surface area (Å²) >= 11 is 0. The molecule has 7 nitrogen and oxygen atoms in total. The van der Waals surface area contributed by atoms with Crippen molar-refractivity contribution in [3.8, 4) is 0 Å². The Kier molecular flexibility index (Phi) is 4.19. The number of rotatable bonds is 5. The van der Waals surface area contributed by atoms with Crippen LogP contribution in [0.1, 0.15) is 32.5 Å². The van der Waals surface area contributed by atoms with E-state index in [9.17, 15) is 9.59 Å². The van der Waals surface area contributed by atoms with Crippen LogP contribution >= 0.6 is 0 Å².